The van der Waals surface area contributed by atoms with E-state index in [1.807, 2.05) is 36.4 Å². The second kappa shape index (κ2) is 10.9. The standard InChI is InChI=1S/C30H37N3O6/c1-18-8-4-5-9-20-15-30(20,29(36)37)32-27(35)24-14-21(17-33(24)26(34)13-19(2)12-18)39-28-23-11-7-6-10-22(23)25(38-3)16-31-28/h5-7,9-11,16,18-21,24H,4,8,12-15,17H2,1-3H3,(H,32,35)(H,36,37)/b9-5-/t18?,19-,20-,21-,24+,30-/m1/s1. The zero-order valence-electron chi connectivity index (χ0n) is 22.8. The number of methoxy groups -OCH3 is 1. The van der Waals surface area contributed by atoms with E-state index in [2.05, 4.69) is 24.1 Å². The molecule has 1 saturated carbocycles. The van der Waals surface area contributed by atoms with Gasteiger partial charge >= 0.3 is 5.97 Å². The highest BCUT2D eigenvalue weighted by Crippen LogP contribution is 2.45. The quantitative estimate of drug-likeness (QED) is 0.569. The molecule has 2 N–H and O–H groups in total. The van der Waals surface area contributed by atoms with Gasteiger partial charge in [0.15, 0.2) is 0 Å². The number of pyridine rings is 1. The van der Waals surface area contributed by atoms with E-state index >= 15 is 0 Å². The lowest BCUT2D eigenvalue weighted by Crippen LogP contribution is -2.53. The third kappa shape index (κ3) is 5.44. The number of carbonyl (C=O) groups excluding carboxylic acids is 2. The summed E-state index contributed by atoms with van der Waals surface area (Å²) in [7, 11) is 1.59. The van der Waals surface area contributed by atoms with Crippen molar-refractivity contribution in [2.45, 2.75) is 70.1 Å². The molecule has 1 saturated heterocycles. The summed E-state index contributed by atoms with van der Waals surface area (Å²) in [5.74, 6) is -0.234. The maximum Gasteiger partial charge on any atom is 0.330 e. The van der Waals surface area contributed by atoms with Crippen LogP contribution >= 0.6 is 0 Å². The third-order valence-electron chi connectivity index (χ3n) is 8.37. The van der Waals surface area contributed by atoms with E-state index < -0.39 is 29.6 Å². The number of hydrogen-bond acceptors (Lipinski definition) is 6. The van der Waals surface area contributed by atoms with Crippen LogP contribution in [0.4, 0.5) is 0 Å². The second-order valence-corrected chi connectivity index (χ2v) is 11.4. The predicted molar refractivity (Wildman–Crippen MR) is 145 cm³/mol. The Morgan fingerprint density at radius 1 is 1.15 bits per heavy atom. The Morgan fingerprint density at radius 2 is 1.92 bits per heavy atom. The topological polar surface area (TPSA) is 118 Å². The van der Waals surface area contributed by atoms with Gasteiger partial charge in [0.25, 0.3) is 0 Å². The van der Waals surface area contributed by atoms with Crippen LogP contribution in [0.1, 0.15) is 52.4 Å². The molecule has 2 fully saturated rings. The Kier molecular flexibility index (Phi) is 7.51. The summed E-state index contributed by atoms with van der Waals surface area (Å²) in [6, 6.07) is 6.80. The minimum Gasteiger partial charge on any atom is -0.494 e. The molecule has 1 aliphatic carbocycles. The summed E-state index contributed by atoms with van der Waals surface area (Å²) in [5, 5.41) is 14.4. The van der Waals surface area contributed by atoms with Gasteiger partial charge < -0.3 is 24.8 Å². The predicted octanol–water partition coefficient (Wildman–Crippen LogP) is 3.95. The highest BCUT2D eigenvalue weighted by atomic mass is 16.5. The number of carboxylic acid groups (broad SMARTS) is 1. The van der Waals surface area contributed by atoms with Crippen LogP contribution in [0, 0.1) is 17.8 Å². The van der Waals surface area contributed by atoms with Gasteiger partial charge in [-0.1, -0.05) is 44.2 Å². The van der Waals surface area contributed by atoms with Crippen molar-refractivity contribution < 1.29 is 29.0 Å². The van der Waals surface area contributed by atoms with Crippen LogP contribution in [0.2, 0.25) is 0 Å². The average Bonchev–Trinajstić information content (AvgIpc) is 3.43. The van der Waals surface area contributed by atoms with Gasteiger partial charge in [-0.2, -0.15) is 0 Å². The van der Waals surface area contributed by atoms with Crippen molar-refractivity contribution in [3.05, 3.63) is 42.6 Å². The minimum atomic E-state index is -1.33. The van der Waals surface area contributed by atoms with Crippen LogP contribution in [0.15, 0.2) is 42.6 Å². The number of amides is 2. The number of carbonyl (C=O) groups is 3. The molecule has 39 heavy (non-hydrogen) atoms. The molecule has 9 nitrogen and oxygen atoms in total. The first-order valence-electron chi connectivity index (χ1n) is 13.8. The first-order valence-corrected chi connectivity index (χ1v) is 13.8. The van der Waals surface area contributed by atoms with Gasteiger partial charge in [-0.15, -0.1) is 0 Å². The van der Waals surface area contributed by atoms with Gasteiger partial charge in [0.2, 0.25) is 17.7 Å². The minimum absolute atomic E-state index is 0.113. The van der Waals surface area contributed by atoms with Crippen molar-refractivity contribution in [2.75, 3.05) is 13.7 Å². The first kappa shape index (κ1) is 27.0. The molecule has 9 heteroatoms. The largest absolute Gasteiger partial charge is 0.494 e. The van der Waals surface area contributed by atoms with Gasteiger partial charge in [0, 0.05) is 29.5 Å². The van der Waals surface area contributed by atoms with E-state index in [-0.39, 0.29) is 30.7 Å². The number of benzene rings is 1. The summed E-state index contributed by atoms with van der Waals surface area (Å²) in [5.41, 5.74) is -1.33. The lowest BCUT2D eigenvalue weighted by molar-refractivity contribution is -0.145. The van der Waals surface area contributed by atoms with E-state index in [1.54, 1.807) is 18.2 Å². The summed E-state index contributed by atoms with van der Waals surface area (Å²) in [6.07, 6.45) is 8.74. The fourth-order valence-electron chi connectivity index (χ4n) is 6.17. The molecule has 208 valence electrons. The smallest absolute Gasteiger partial charge is 0.330 e. The van der Waals surface area contributed by atoms with E-state index in [0.717, 1.165) is 30.0 Å². The van der Waals surface area contributed by atoms with E-state index in [1.165, 1.54) is 0 Å². The van der Waals surface area contributed by atoms with E-state index in [0.29, 0.717) is 30.4 Å². The van der Waals surface area contributed by atoms with Crippen LogP contribution in [0.3, 0.4) is 0 Å². The molecule has 2 aromatic rings. The van der Waals surface area contributed by atoms with Crippen LogP contribution in [0.25, 0.3) is 10.8 Å². The summed E-state index contributed by atoms with van der Waals surface area (Å²) >= 11 is 0. The van der Waals surface area contributed by atoms with Crippen LogP contribution < -0.4 is 14.8 Å². The Labute approximate surface area is 228 Å². The van der Waals surface area contributed by atoms with Crippen molar-refractivity contribution in [3.8, 4) is 11.6 Å². The van der Waals surface area contributed by atoms with E-state index in [4.69, 9.17) is 9.47 Å². The molecule has 2 amide bonds. The van der Waals surface area contributed by atoms with Crippen LogP contribution in [0.5, 0.6) is 11.6 Å². The molecule has 0 spiro atoms. The molecule has 5 rings (SSSR count). The number of hydrogen-bond donors (Lipinski definition) is 2. The molecule has 0 bridgehead atoms. The summed E-state index contributed by atoms with van der Waals surface area (Å²) < 4.78 is 11.8. The molecular weight excluding hydrogens is 498 g/mol. The van der Waals surface area contributed by atoms with Gasteiger partial charge in [-0.05, 0) is 43.6 Å². The SMILES string of the molecule is COc1cnc(O[C@@H]2C[C@H]3C(=O)N[C@]4(C(=O)O)C[C@H]4/C=C\CCC(C)C[C@@H](C)CC(=O)N3C2)c2ccccc12. The average molecular weight is 536 g/mol. The molecule has 1 aromatic carbocycles. The van der Waals surface area contributed by atoms with Crippen molar-refractivity contribution in [3.63, 3.8) is 0 Å². The van der Waals surface area contributed by atoms with Crippen molar-refractivity contribution in [1.82, 2.24) is 15.2 Å². The van der Waals surface area contributed by atoms with Gasteiger partial charge in [0.1, 0.15) is 23.4 Å². The Bertz CT molecular complexity index is 1290. The monoisotopic (exact) mass is 535 g/mol. The van der Waals surface area contributed by atoms with Gasteiger partial charge in [-0.3, -0.25) is 9.59 Å². The molecule has 1 unspecified atom stereocenters. The molecule has 0 radical (unpaired) electrons. The normalized spacial score (nSPS) is 32.3. The summed E-state index contributed by atoms with van der Waals surface area (Å²) in [6.45, 7) is 4.49. The Morgan fingerprint density at radius 3 is 2.67 bits per heavy atom. The van der Waals surface area contributed by atoms with Crippen molar-refractivity contribution in [2.24, 2.45) is 17.8 Å². The first-order chi connectivity index (χ1) is 18.7. The Balaban J connectivity index is 1.42. The zero-order valence-corrected chi connectivity index (χ0v) is 22.8. The maximum atomic E-state index is 13.6. The van der Waals surface area contributed by atoms with Crippen LogP contribution in [-0.2, 0) is 14.4 Å². The Hall–Kier alpha value is -3.62. The number of aliphatic carboxylic acids is 1. The maximum absolute atomic E-state index is 13.6. The number of nitrogens with zero attached hydrogens (tertiary/aromatic N) is 2. The van der Waals surface area contributed by atoms with E-state index in [9.17, 15) is 19.5 Å². The number of carboxylic acids is 1. The van der Waals surface area contributed by atoms with Gasteiger partial charge in [0.05, 0.1) is 19.9 Å². The molecule has 1 aromatic heterocycles. The molecule has 3 aliphatic rings. The fraction of sp³-hybridized carbons (Fsp3) is 0.533. The number of fused-ring (bicyclic) bond motifs is 3. The lowest BCUT2D eigenvalue weighted by Gasteiger charge is -2.27. The number of aromatic nitrogens is 1. The summed E-state index contributed by atoms with van der Waals surface area (Å²) in [4.78, 5) is 45.4. The number of allylic oxidation sites excluding steroid dienone is 1. The second-order valence-electron chi connectivity index (χ2n) is 11.4. The van der Waals surface area contributed by atoms with Gasteiger partial charge in [-0.25, -0.2) is 9.78 Å². The molecule has 6 atom stereocenters. The highest BCUT2D eigenvalue weighted by Gasteiger charge is 2.61. The molecular formula is C30H37N3O6. The van der Waals surface area contributed by atoms with Crippen LogP contribution in [-0.4, -0.2) is 64.1 Å². The fourth-order valence-corrected chi connectivity index (χ4v) is 6.17. The molecule has 2 aliphatic heterocycles. The highest BCUT2D eigenvalue weighted by molar-refractivity contribution is 5.95. The lowest BCUT2D eigenvalue weighted by atomic mass is 9.91. The van der Waals surface area contributed by atoms with Crippen molar-refractivity contribution in [1.29, 1.82) is 0 Å². The number of ether oxygens (including phenoxy) is 2. The zero-order chi connectivity index (χ0) is 27.7. The third-order valence-corrected chi connectivity index (χ3v) is 8.37. The molecule has 3 heterocycles. The number of nitrogens with one attached hydrogen (secondary N) is 1. The number of rotatable bonds is 4. The van der Waals surface area contributed by atoms with Crippen molar-refractivity contribution >= 4 is 28.6 Å².